The molecule has 0 spiro atoms. The number of aryl methyl sites for hydroxylation is 2. The lowest BCUT2D eigenvalue weighted by atomic mass is 10.1. The molecule has 2 aliphatic heterocycles. The number of sulfonamides is 1. The van der Waals surface area contributed by atoms with E-state index in [1.165, 1.54) is 4.31 Å². The van der Waals surface area contributed by atoms with Crippen LogP contribution >= 0.6 is 0 Å². The Morgan fingerprint density at radius 3 is 2.23 bits per heavy atom. The molecular formula is C20H35N5O4S. The fraction of sp³-hybridized carbons (Fsp3) is 0.800. The number of piperazine rings is 1. The average molecular weight is 442 g/mol. The van der Waals surface area contributed by atoms with Crippen molar-refractivity contribution in [2.24, 2.45) is 0 Å². The van der Waals surface area contributed by atoms with Crippen LogP contribution in [0.1, 0.15) is 38.6 Å². The van der Waals surface area contributed by atoms with E-state index in [0.29, 0.717) is 31.1 Å². The first-order valence-electron chi connectivity index (χ1n) is 10.7. The molecule has 9 nitrogen and oxygen atoms in total. The van der Waals surface area contributed by atoms with E-state index in [1.54, 1.807) is 18.7 Å². The Kier molecular flexibility index (Phi) is 6.91. The fourth-order valence-electron chi connectivity index (χ4n) is 4.24. The summed E-state index contributed by atoms with van der Waals surface area (Å²) in [6.07, 6.45) is 1.05. The molecule has 0 aromatic carbocycles. The molecule has 0 N–H and O–H groups in total. The van der Waals surface area contributed by atoms with Gasteiger partial charge in [0.25, 0.3) is 0 Å². The standard InChI is InChI=1S/C20H35N5O4S/c1-16-19(17(2)29-21-16)30(27,28)25-13-10-23(11-14-25)18(26)15-22-7-6-8-24(12-9-22)20(3,4)5/h6-15H2,1-5H3. The molecule has 170 valence electrons. The second-order valence-electron chi connectivity index (χ2n) is 9.23. The number of rotatable bonds is 4. The first-order chi connectivity index (χ1) is 14.0. The zero-order valence-electron chi connectivity index (χ0n) is 18.8. The van der Waals surface area contributed by atoms with Gasteiger partial charge in [0.15, 0.2) is 5.76 Å². The molecule has 0 atom stereocenters. The third kappa shape index (κ3) is 5.04. The van der Waals surface area contributed by atoms with Crippen LogP contribution in [-0.2, 0) is 14.8 Å². The summed E-state index contributed by atoms with van der Waals surface area (Å²) in [5.41, 5.74) is 0.514. The maximum Gasteiger partial charge on any atom is 0.248 e. The summed E-state index contributed by atoms with van der Waals surface area (Å²) in [6.45, 7) is 15.5. The van der Waals surface area contributed by atoms with Crippen molar-refractivity contribution in [1.82, 2.24) is 24.2 Å². The molecular weight excluding hydrogens is 406 g/mol. The van der Waals surface area contributed by atoms with Crippen molar-refractivity contribution >= 4 is 15.9 Å². The van der Waals surface area contributed by atoms with Crippen LogP contribution in [0.4, 0.5) is 0 Å². The lowest BCUT2D eigenvalue weighted by Gasteiger charge is -2.35. The second-order valence-corrected chi connectivity index (χ2v) is 11.1. The molecule has 30 heavy (non-hydrogen) atoms. The van der Waals surface area contributed by atoms with E-state index in [9.17, 15) is 13.2 Å². The van der Waals surface area contributed by atoms with E-state index in [1.807, 2.05) is 0 Å². The van der Waals surface area contributed by atoms with Crippen molar-refractivity contribution in [1.29, 1.82) is 0 Å². The number of hydrogen-bond acceptors (Lipinski definition) is 7. The van der Waals surface area contributed by atoms with Gasteiger partial charge >= 0.3 is 0 Å². The Morgan fingerprint density at radius 2 is 1.67 bits per heavy atom. The number of carbonyl (C=O) groups excluding carboxylic acids is 1. The molecule has 1 aromatic rings. The number of carbonyl (C=O) groups is 1. The molecule has 0 saturated carbocycles. The molecule has 3 heterocycles. The molecule has 0 radical (unpaired) electrons. The molecule has 2 aliphatic rings. The predicted molar refractivity (Wildman–Crippen MR) is 114 cm³/mol. The SMILES string of the molecule is Cc1noc(C)c1S(=O)(=O)N1CCN(C(=O)CN2CCCN(C(C)(C)C)CC2)CC1. The Labute approximate surface area is 180 Å². The number of hydrogen-bond donors (Lipinski definition) is 0. The van der Waals surface area contributed by atoms with E-state index < -0.39 is 10.0 Å². The normalized spacial score (nSPS) is 21.0. The van der Waals surface area contributed by atoms with Gasteiger partial charge in [-0.1, -0.05) is 5.16 Å². The van der Waals surface area contributed by atoms with Crippen LogP contribution in [0.5, 0.6) is 0 Å². The van der Waals surface area contributed by atoms with Crippen LogP contribution in [0, 0.1) is 13.8 Å². The quantitative estimate of drug-likeness (QED) is 0.687. The fourth-order valence-corrected chi connectivity index (χ4v) is 5.95. The van der Waals surface area contributed by atoms with E-state index >= 15 is 0 Å². The van der Waals surface area contributed by atoms with E-state index in [2.05, 4.69) is 35.7 Å². The van der Waals surface area contributed by atoms with Gasteiger partial charge < -0.3 is 9.42 Å². The molecule has 2 saturated heterocycles. The van der Waals surface area contributed by atoms with Crippen molar-refractivity contribution in [3.63, 3.8) is 0 Å². The van der Waals surface area contributed by atoms with Crippen LogP contribution in [-0.4, -0.2) is 103 Å². The van der Waals surface area contributed by atoms with Crippen LogP contribution < -0.4 is 0 Å². The van der Waals surface area contributed by atoms with Gasteiger partial charge in [0.05, 0.1) is 6.54 Å². The minimum atomic E-state index is -3.66. The van der Waals surface area contributed by atoms with Crippen LogP contribution in [0.2, 0.25) is 0 Å². The Balaban J connectivity index is 1.53. The van der Waals surface area contributed by atoms with Gasteiger partial charge in [-0.3, -0.25) is 14.6 Å². The summed E-state index contributed by atoms with van der Waals surface area (Å²) in [5, 5.41) is 3.76. The van der Waals surface area contributed by atoms with Gasteiger partial charge in [-0.15, -0.1) is 0 Å². The van der Waals surface area contributed by atoms with Gasteiger partial charge in [-0.05, 0) is 54.1 Å². The molecule has 3 rings (SSSR count). The van der Waals surface area contributed by atoms with Crippen molar-refractivity contribution in [2.75, 3.05) is 58.9 Å². The number of amides is 1. The Morgan fingerprint density at radius 1 is 1.00 bits per heavy atom. The molecule has 0 bridgehead atoms. The molecule has 1 amide bonds. The highest BCUT2D eigenvalue weighted by Gasteiger charge is 2.34. The highest BCUT2D eigenvalue weighted by Crippen LogP contribution is 2.24. The van der Waals surface area contributed by atoms with E-state index in [-0.39, 0.29) is 29.4 Å². The lowest BCUT2D eigenvalue weighted by molar-refractivity contribution is -0.133. The molecule has 0 unspecified atom stereocenters. The van der Waals surface area contributed by atoms with Gasteiger partial charge in [-0.2, -0.15) is 4.31 Å². The zero-order valence-corrected chi connectivity index (χ0v) is 19.7. The van der Waals surface area contributed by atoms with E-state index in [0.717, 1.165) is 32.6 Å². The topological polar surface area (TPSA) is 90.2 Å². The summed E-state index contributed by atoms with van der Waals surface area (Å²) in [7, 11) is -3.66. The van der Waals surface area contributed by atoms with Crippen LogP contribution in [0.3, 0.4) is 0 Å². The highest BCUT2D eigenvalue weighted by atomic mass is 32.2. The van der Waals surface area contributed by atoms with Crippen LogP contribution in [0.15, 0.2) is 9.42 Å². The van der Waals surface area contributed by atoms with E-state index in [4.69, 9.17) is 4.52 Å². The van der Waals surface area contributed by atoms with Gasteiger partial charge in [0.2, 0.25) is 15.9 Å². The third-order valence-corrected chi connectivity index (χ3v) is 8.20. The highest BCUT2D eigenvalue weighted by molar-refractivity contribution is 7.89. The largest absolute Gasteiger partial charge is 0.360 e. The van der Waals surface area contributed by atoms with Gasteiger partial charge in [-0.25, -0.2) is 8.42 Å². The van der Waals surface area contributed by atoms with Gasteiger partial charge in [0, 0.05) is 44.8 Å². The average Bonchev–Trinajstić information content (AvgIpc) is 2.87. The second kappa shape index (κ2) is 8.94. The smallest absolute Gasteiger partial charge is 0.248 e. The van der Waals surface area contributed by atoms with Gasteiger partial charge in [0.1, 0.15) is 10.6 Å². The maximum absolute atomic E-state index is 12.9. The monoisotopic (exact) mass is 441 g/mol. The van der Waals surface area contributed by atoms with Crippen LogP contribution in [0.25, 0.3) is 0 Å². The minimum Gasteiger partial charge on any atom is -0.360 e. The lowest BCUT2D eigenvalue weighted by Crippen LogP contribution is -2.53. The van der Waals surface area contributed by atoms with Crippen molar-refractivity contribution in [3.05, 3.63) is 11.5 Å². The summed E-state index contributed by atoms with van der Waals surface area (Å²) < 4.78 is 32.3. The first kappa shape index (κ1) is 23.2. The number of aromatic nitrogens is 1. The molecule has 10 heteroatoms. The molecule has 1 aromatic heterocycles. The third-order valence-electron chi connectivity index (χ3n) is 6.05. The maximum atomic E-state index is 12.9. The Bertz CT molecular complexity index is 834. The summed E-state index contributed by atoms with van der Waals surface area (Å²) >= 11 is 0. The first-order valence-corrected chi connectivity index (χ1v) is 12.1. The minimum absolute atomic E-state index is 0.0774. The summed E-state index contributed by atoms with van der Waals surface area (Å²) in [5.74, 6) is 0.380. The van der Waals surface area contributed by atoms with Crippen molar-refractivity contribution < 1.29 is 17.7 Å². The zero-order chi connectivity index (χ0) is 22.1. The summed E-state index contributed by atoms with van der Waals surface area (Å²) in [6, 6.07) is 0. The molecule has 2 fully saturated rings. The van der Waals surface area contributed by atoms with Crippen molar-refractivity contribution in [3.8, 4) is 0 Å². The van der Waals surface area contributed by atoms with Crippen molar-refractivity contribution in [2.45, 2.75) is 51.5 Å². The number of nitrogens with zero attached hydrogens (tertiary/aromatic N) is 5. The summed E-state index contributed by atoms with van der Waals surface area (Å²) in [4.78, 5) is 19.5. The predicted octanol–water partition coefficient (Wildman–Crippen LogP) is 0.931. The molecule has 0 aliphatic carbocycles. The Hall–Kier alpha value is -1.49.